The van der Waals surface area contributed by atoms with Gasteiger partial charge < -0.3 is 22.7 Å². The summed E-state index contributed by atoms with van der Waals surface area (Å²) in [5.74, 6) is 0. The lowest BCUT2D eigenvalue weighted by atomic mass is 10.2. The fourth-order valence-corrected chi connectivity index (χ4v) is 0.981. The molecule has 1 aromatic carbocycles. The average molecular weight is 237 g/mol. The van der Waals surface area contributed by atoms with Crippen LogP contribution in [-0.4, -0.2) is 6.54 Å². The Morgan fingerprint density at radius 1 is 1.18 bits per heavy atom. The van der Waals surface area contributed by atoms with Crippen molar-refractivity contribution in [3.8, 4) is 0 Å². The van der Waals surface area contributed by atoms with Crippen molar-refractivity contribution in [2.24, 2.45) is 0 Å². The van der Waals surface area contributed by atoms with Gasteiger partial charge >= 0.3 is 0 Å². The third-order valence-corrected chi connectivity index (χ3v) is 1.63. The summed E-state index contributed by atoms with van der Waals surface area (Å²) in [7, 11) is 0. The number of halogens is 2. The first kappa shape index (κ1) is 11.0. The molecule has 0 heterocycles. The van der Waals surface area contributed by atoms with Crippen LogP contribution < -0.4 is 22.7 Å². The van der Waals surface area contributed by atoms with Crippen LogP contribution in [-0.2, 0) is 6.42 Å². The van der Waals surface area contributed by atoms with Crippen LogP contribution in [0, 0.1) is 0 Å². The van der Waals surface area contributed by atoms with E-state index in [9.17, 15) is 0 Å². The first-order valence-electron chi connectivity index (χ1n) is 3.36. The Morgan fingerprint density at radius 3 is 2.18 bits per heavy atom. The Hall–Kier alpha value is -0.0500. The highest BCUT2D eigenvalue weighted by Gasteiger charge is 1.90. The van der Waals surface area contributed by atoms with Crippen LogP contribution in [0.15, 0.2) is 24.3 Å². The van der Waals surface area contributed by atoms with Gasteiger partial charge in [0.2, 0.25) is 0 Å². The molecule has 0 atom stereocenters. The highest BCUT2D eigenvalue weighted by molar-refractivity contribution is 6.30. The number of benzene rings is 1. The minimum absolute atomic E-state index is 0. The predicted octanol–water partition coefficient (Wildman–Crippen LogP) is -1.87. The minimum Gasteiger partial charge on any atom is -1.00 e. The van der Waals surface area contributed by atoms with Crippen LogP contribution >= 0.6 is 11.6 Å². The smallest absolute Gasteiger partial charge is 0.0780 e. The topological polar surface area (TPSA) is 27.6 Å². The van der Waals surface area contributed by atoms with Gasteiger partial charge in [-0.25, -0.2) is 0 Å². The molecule has 11 heavy (non-hydrogen) atoms. The predicted molar refractivity (Wildman–Crippen MR) is 42.9 cm³/mol. The van der Waals surface area contributed by atoms with Crippen LogP contribution in [0.3, 0.4) is 0 Å². The number of quaternary nitrogens is 1. The standard InChI is InChI=1S/C8H10ClN.BrH/c9-8-3-1-7(2-4-8)5-6-10;/h1-4H,5-6,10H2;1H. The molecule has 0 saturated heterocycles. The molecule has 1 aromatic rings. The summed E-state index contributed by atoms with van der Waals surface area (Å²) in [6, 6.07) is 7.89. The van der Waals surface area contributed by atoms with Crippen molar-refractivity contribution in [2.45, 2.75) is 6.42 Å². The van der Waals surface area contributed by atoms with Crippen LogP contribution in [0.2, 0.25) is 5.02 Å². The number of hydrogen-bond donors (Lipinski definition) is 1. The summed E-state index contributed by atoms with van der Waals surface area (Å²) in [5, 5.41) is 0.799. The van der Waals surface area contributed by atoms with Gasteiger partial charge in [0.15, 0.2) is 0 Å². The van der Waals surface area contributed by atoms with Crippen molar-refractivity contribution in [3.05, 3.63) is 34.9 Å². The largest absolute Gasteiger partial charge is 1.00 e. The second kappa shape index (κ2) is 5.58. The zero-order valence-corrected chi connectivity index (χ0v) is 8.53. The molecule has 0 bridgehead atoms. The first-order valence-corrected chi connectivity index (χ1v) is 3.74. The van der Waals surface area contributed by atoms with E-state index in [-0.39, 0.29) is 17.0 Å². The molecule has 0 aliphatic carbocycles. The highest BCUT2D eigenvalue weighted by Crippen LogP contribution is 2.08. The van der Waals surface area contributed by atoms with Gasteiger partial charge in [0, 0.05) is 11.4 Å². The molecule has 1 nitrogen and oxygen atoms in total. The van der Waals surface area contributed by atoms with E-state index in [2.05, 4.69) is 5.73 Å². The molecule has 1 rings (SSSR count). The maximum atomic E-state index is 5.70. The van der Waals surface area contributed by atoms with Crippen molar-refractivity contribution in [1.29, 1.82) is 0 Å². The lowest BCUT2D eigenvalue weighted by molar-refractivity contribution is -0.366. The normalized spacial score (nSPS) is 8.91. The van der Waals surface area contributed by atoms with Crippen LogP contribution in [0.1, 0.15) is 5.56 Å². The van der Waals surface area contributed by atoms with Crippen LogP contribution in [0.25, 0.3) is 0 Å². The Labute approximate surface area is 82.3 Å². The van der Waals surface area contributed by atoms with Crippen molar-refractivity contribution >= 4 is 11.6 Å². The fourth-order valence-electron chi connectivity index (χ4n) is 0.855. The van der Waals surface area contributed by atoms with Crippen molar-refractivity contribution in [1.82, 2.24) is 0 Å². The quantitative estimate of drug-likeness (QED) is 0.623. The molecule has 0 amide bonds. The van der Waals surface area contributed by atoms with Crippen LogP contribution in [0.4, 0.5) is 0 Å². The minimum atomic E-state index is 0. The van der Waals surface area contributed by atoms with E-state index < -0.39 is 0 Å². The lowest BCUT2D eigenvalue weighted by Gasteiger charge is -1.94. The van der Waals surface area contributed by atoms with Gasteiger partial charge in [0.1, 0.15) is 0 Å². The van der Waals surface area contributed by atoms with E-state index in [1.165, 1.54) is 5.56 Å². The van der Waals surface area contributed by atoms with Gasteiger partial charge in [0.05, 0.1) is 6.54 Å². The number of hydrogen-bond acceptors (Lipinski definition) is 0. The second-order valence-electron chi connectivity index (χ2n) is 2.23. The average Bonchev–Trinajstić information content (AvgIpc) is 1.95. The SMILES string of the molecule is [Br-].[NH3+]CCc1ccc(Cl)cc1. The fraction of sp³-hybridized carbons (Fsp3) is 0.250. The molecular weight excluding hydrogens is 225 g/mol. The molecule has 62 valence electrons. The maximum Gasteiger partial charge on any atom is 0.0780 e. The molecule has 0 aliphatic heterocycles. The Morgan fingerprint density at radius 2 is 1.73 bits per heavy atom. The third-order valence-electron chi connectivity index (χ3n) is 1.38. The van der Waals surface area contributed by atoms with Crippen molar-refractivity contribution < 1.29 is 22.7 Å². The van der Waals surface area contributed by atoms with E-state index in [1.807, 2.05) is 24.3 Å². The molecule has 3 N–H and O–H groups in total. The van der Waals surface area contributed by atoms with Gasteiger partial charge in [-0.3, -0.25) is 0 Å². The second-order valence-corrected chi connectivity index (χ2v) is 2.67. The van der Waals surface area contributed by atoms with Gasteiger partial charge in [0.25, 0.3) is 0 Å². The monoisotopic (exact) mass is 235 g/mol. The summed E-state index contributed by atoms with van der Waals surface area (Å²) in [6.45, 7) is 0.946. The molecule has 3 heteroatoms. The van der Waals surface area contributed by atoms with E-state index in [0.29, 0.717) is 0 Å². The zero-order valence-electron chi connectivity index (χ0n) is 6.19. The maximum absolute atomic E-state index is 5.70. The summed E-state index contributed by atoms with van der Waals surface area (Å²) in [6.07, 6.45) is 1.04. The highest BCUT2D eigenvalue weighted by atomic mass is 79.9. The van der Waals surface area contributed by atoms with Crippen molar-refractivity contribution in [3.63, 3.8) is 0 Å². The Kier molecular flexibility index (Phi) is 5.56. The Bertz CT molecular complexity index is 198. The van der Waals surface area contributed by atoms with Gasteiger partial charge in [-0.05, 0) is 17.7 Å². The first-order chi connectivity index (χ1) is 4.83. The molecule has 0 saturated carbocycles. The summed E-state index contributed by atoms with van der Waals surface area (Å²) in [5.41, 5.74) is 5.08. The molecule has 0 aliphatic rings. The van der Waals surface area contributed by atoms with E-state index in [4.69, 9.17) is 11.6 Å². The summed E-state index contributed by atoms with van der Waals surface area (Å²) < 4.78 is 0. The Balaban J connectivity index is 0.000001000. The summed E-state index contributed by atoms with van der Waals surface area (Å²) in [4.78, 5) is 0. The van der Waals surface area contributed by atoms with E-state index in [1.54, 1.807) is 0 Å². The van der Waals surface area contributed by atoms with Gasteiger partial charge in [-0.2, -0.15) is 0 Å². The van der Waals surface area contributed by atoms with Crippen molar-refractivity contribution in [2.75, 3.05) is 6.54 Å². The molecular formula is C8H11BrClN. The third kappa shape index (κ3) is 3.75. The summed E-state index contributed by atoms with van der Waals surface area (Å²) >= 11 is 5.70. The van der Waals surface area contributed by atoms with E-state index in [0.717, 1.165) is 18.0 Å². The zero-order chi connectivity index (χ0) is 7.40. The van der Waals surface area contributed by atoms with Gasteiger partial charge in [-0.1, -0.05) is 23.7 Å². The molecule has 0 spiro atoms. The number of rotatable bonds is 2. The molecule has 0 fully saturated rings. The molecule has 0 aromatic heterocycles. The molecule has 0 unspecified atom stereocenters. The van der Waals surface area contributed by atoms with E-state index >= 15 is 0 Å². The lowest BCUT2D eigenvalue weighted by Crippen LogP contribution is -3.00. The van der Waals surface area contributed by atoms with Gasteiger partial charge in [-0.15, -0.1) is 0 Å². The molecule has 0 radical (unpaired) electrons. The van der Waals surface area contributed by atoms with Crippen LogP contribution in [0.5, 0.6) is 0 Å².